The normalized spacial score (nSPS) is 33.0. The van der Waals surface area contributed by atoms with Crippen LogP contribution in [0.5, 0.6) is 0 Å². The van der Waals surface area contributed by atoms with Gasteiger partial charge in [0, 0.05) is 5.75 Å². The molecule has 1 aliphatic heterocycles. The van der Waals surface area contributed by atoms with Crippen LogP contribution in [-0.2, 0) is 14.3 Å². The maximum absolute atomic E-state index is 10.3. The largest absolute Gasteiger partial charge is 0.481 e. The van der Waals surface area contributed by atoms with Gasteiger partial charge in [0.25, 0.3) is 0 Å². The molecule has 0 aliphatic carbocycles. The summed E-state index contributed by atoms with van der Waals surface area (Å²) in [5.74, 6) is 0.389. The Kier molecular flexibility index (Phi) is 8.49. The zero-order valence-electron chi connectivity index (χ0n) is 11.5. The van der Waals surface area contributed by atoms with E-state index in [1.54, 1.807) is 0 Å². The fraction of sp³-hybridized carbons (Fsp3) is 0.917. The Labute approximate surface area is 126 Å². The third-order valence-electron chi connectivity index (χ3n) is 3.02. The topological polar surface area (TPSA) is 137 Å². The lowest BCUT2D eigenvalue weighted by Crippen LogP contribution is -2.59. The molecule has 1 aliphatic rings. The van der Waals surface area contributed by atoms with Gasteiger partial charge in [-0.3, -0.25) is 4.79 Å². The van der Waals surface area contributed by atoms with Crippen molar-refractivity contribution in [3.8, 4) is 0 Å². The molecule has 0 aromatic rings. The van der Waals surface area contributed by atoms with Crippen molar-refractivity contribution in [2.75, 3.05) is 24.7 Å². The van der Waals surface area contributed by atoms with Crippen LogP contribution in [0.3, 0.4) is 0 Å². The Morgan fingerprint density at radius 3 is 2.48 bits per heavy atom. The summed E-state index contributed by atoms with van der Waals surface area (Å²) in [4.78, 5) is 10.3. The first-order valence-corrected chi connectivity index (χ1v) is 7.84. The Morgan fingerprint density at radius 2 is 1.86 bits per heavy atom. The van der Waals surface area contributed by atoms with Crippen molar-refractivity contribution in [1.29, 1.82) is 0 Å². The van der Waals surface area contributed by atoms with Crippen LogP contribution in [0, 0.1) is 0 Å². The van der Waals surface area contributed by atoms with E-state index in [0.29, 0.717) is 17.9 Å². The van der Waals surface area contributed by atoms with Gasteiger partial charge in [-0.2, -0.15) is 11.8 Å². The van der Waals surface area contributed by atoms with Crippen molar-refractivity contribution in [1.82, 2.24) is 0 Å². The van der Waals surface area contributed by atoms with Gasteiger partial charge in [0.05, 0.1) is 19.6 Å². The van der Waals surface area contributed by atoms with Crippen molar-refractivity contribution in [3.05, 3.63) is 0 Å². The minimum Gasteiger partial charge on any atom is -0.481 e. The van der Waals surface area contributed by atoms with Crippen LogP contribution in [0.2, 0.25) is 0 Å². The summed E-state index contributed by atoms with van der Waals surface area (Å²) < 4.78 is 10.5. The number of thioether (sulfide) groups is 1. The number of rotatable bonds is 9. The second-order valence-electron chi connectivity index (χ2n) is 4.68. The lowest BCUT2D eigenvalue weighted by Gasteiger charge is -2.39. The van der Waals surface area contributed by atoms with Gasteiger partial charge in [-0.05, 0) is 12.2 Å². The first kappa shape index (κ1) is 18.6. The van der Waals surface area contributed by atoms with Crippen LogP contribution in [0.15, 0.2) is 0 Å². The van der Waals surface area contributed by atoms with Crippen LogP contribution < -0.4 is 0 Å². The number of aliphatic hydroxyl groups excluding tert-OH is 4. The van der Waals surface area contributed by atoms with E-state index in [1.807, 2.05) is 0 Å². The first-order chi connectivity index (χ1) is 9.97. The number of hydrogen-bond donors (Lipinski definition) is 5. The van der Waals surface area contributed by atoms with Gasteiger partial charge in [-0.1, -0.05) is 0 Å². The zero-order chi connectivity index (χ0) is 15.8. The predicted octanol–water partition coefficient (Wildman–Crippen LogP) is -1.60. The summed E-state index contributed by atoms with van der Waals surface area (Å²) >= 11 is 1.48. The van der Waals surface area contributed by atoms with Gasteiger partial charge in [0.15, 0.2) is 6.29 Å². The zero-order valence-corrected chi connectivity index (χ0v) is 12.3. The number of aliphatic carboxylic acids is 1. The summed E-state index contributed by atoms with van der Waals surface area (Å²) in [7, 11) is 0. The molecule has 0 aromatic carbocycles. The summed E-state index contributed by atoms with van der Waals surface area (Å²) in [6.07, 6.45) is -5.56. The van der Waals surface area contributed by atoms with Crippen LogP contribution in [-0.4, -0.2) is 86.9 Å². The van der Waals surface area contributed by atoms with Gasteiger partial charge in [0.1, 0.15) is 24.4 Å². The molecule has 8 nitrogen and oxygen atoms in total. The molecule has 0 bridgehead atoms. The molecule has 5 N–H and O–H groups in total. The SMILES string of the molecule is O=C(O)CCSCCCO[C@H]1O[C@H](CO)[C@@H](O)[C@H](O)[C@@H]1O. The van der Waals surface area contributed by atoms with Crippen LogP contribution in [0.4, 0.5) is 0 Å². The molecule has 9 heteroatoms. The number of carboxylic acids is 1. The summed E-state index contributed by atoms with van der Waals surface area (Å²) in [5.41, 5.74) is 0. The van der Waals surface area contributed by atoms with E-state index >= 15 is 0 Å². The van der Waals surface area contributed by atoms with E-state index in [1.165, 1.54) is 11.8 Å². The quantitative estimate of drug-likeness (QED) is 0.317. The molecule has 1 fully saturated rings. The average molecular weight is 326 g/mol. The third kappa shape index (κ3) is 6.07. The maximum Gasteiger partial charge on any atom is 0.304 e. The van der Waals surface area contributed by atoms with Crippen LogP contribution in [0.25, 0.3) is 0 Å². The molecule has 1 heterocycles. The molecule has 0 unspecified atom stereocenters. The fourth-order valence-corrected chi connectivity index (χ4v) is 2.67. The van der Waals surface area contributed by atoms with Crippen molar-refractivity contribution < 1.29 is 39.8 Å². The maximum atomic E-state index is 10.3. The Hall–Kier alpha value is -0.420. The number of hydrogen-bond acceptors (Lipinski definition) is 8. The lowest BCUT2D eigenvalue weighted by atomic mass is 9.99. The minimum absolute atomic E-state index is 0.109. The van der Waals surface area contributed by atoms with Crippen LogP contribution in [0.1, 0.15) is 12.8 Å². The number of carboxylic acid groups (broad SMARTS) is 1. The molecule has 1 rings (SSSR count). The Bertz CT molecular complexity index is 314. The van der Waals surface area contributed by atoms with Crippen LogP contribution >= 0.6 is 11.8 Å². The molecular weight excluding hydrogens is 304 g/mol. The van der Waals surface area contributed by atoms with Crippen molar-refractivity contribution in [2.45, 2.75) is 43.5 Å². The highest BCUT2D eigenvalue weighted by atomic mass is 32.2. The molecule has 0 radical (unpaired) electrons. The van der Waals surface area contributed by atoms with Gasteiger partial charge in [-0.15, -0.1) is 0 Å². The molecule has 0 aromatic heterocycles. The highest BCUT2D eigenvalue weighted by Crippen LogP contribution is 2.22. The predicted molar refractivity (Wildman–Crippen MR) is 73.9 cm³/mol. The van der Waals surface area contributed by atoms with E-state index in [9.17, 15) is 20.1 Å². The molecule has 5 atom stereocenters. The third-order valence-corrected chi connectivity index (χ3v) is 4.09. The van der Waals surface area contributed by atoms with E-state index in [2.05, 4.69) is 0 Å². The summed E-state index contributed by atoms with van der Waals surface area (Å²) in [5, 5.41) is 46.3. The van der Waals surface area contributed by atoms with E-state index < -0.39 is 43.3 Å². The number of ether oxygens (including phenoxy) is 2. The van der Waals surface area contributed by atoms with E-state index in [-0.39, 0.29) is 13.0 Å². The van der Waals surface area contributed by atoms with Gasteiger partial charge in [0.2, 0.25) is 0 Å². The number of aliphatic hydroxyl groups is 4. The molecule has 0 amide bonds. The molecule has 0 spiro atoms. The second kappa shape index (κ2) is 9.57. The molecular formula is C12H22O8S. The van der Waals surface area contributed by atoms with E-state index in [4.69, 9.17) is 19.7 Å². The summed E-state index contributed by atoms with van der Waals surface area (Å²) in [6.45, 7) is -0.237. The minimum atomic E-state index is -1.44. The fourth-order valence-electron chi connectivity index (χ4n) is 1.83. The average Bonchev–Trinajstić information content (AvgIpc) is 2.45. The standard InChI is InChI=1S/C12H22O8S/c13-6-7-9(16)10(17)11(18)12(20-7)19-3-1-4-21-5-2-8(14)15/h7,9-13,16-18H,1-6H2,(H,14,15)/t7-,9-,10+,11+,12+/m1/s1. The monoisotopic (exact) mass is 326 g/mol. The highest BCUT2D eigenvalue weighted by molar-refractivity contribution is 7.99. The Morgan fingerprint density at radius 1 is 1.14 bits per heavy atom. The van der Waals surface area contributed by atoms with Crippen molar-refractivity contribution in [3.63, 3.8) is 0 Å². The highest BCUT2D eigenvalue weighted by Gasteiger charge is 2.43. The molecule has 124 valence electrons. The molecule has 1 saturated heterocycles. The lowest BCUT2D eigenvalue weighted by molar-refractivity contribution is -0.300. The molecule has 21 heavy (non-hydrogen) atoms. The van der Waals surface area contributed by atoms with E-state index in [0.717, 1.165) is 0 Å². The van der Waals surface area contributed by atoms with Gasteiger partial charge >= 0.3 is 5.97 Å². The Balaban J connectivity index is 2.20. The first-order valence-electron chi connectivity index (χ1n) is 6.69. The smallest absolute Gasteiger partial charge is 0.304 e. The second-order valence-corrected chi connectivity index (χ2v) is 5.90. The summed E-state index contributed by atoms with van der Waals surface area (Å²) in [6, 6.07) is 0. The van der Waals surface area contributed by atoms with Crippen molar-refractivity contribution in [2.24, 2.45) is 0 Å². The number of carbonyl (C=O) groups is 1. The van der Waals surface area contributed by atoms with Gasteiger partial charge in [-0.25, -0.2) is 0 Å². The van der Waals surface area contributed by atoms with Crippen molar-refractivity contribution >= 4 is 17.7 Å². The molecule has 0 saturated carbocycles. The van der Waals surface area contributed by atoms with Gasteiger partial charge < -0.3 is 35.0 Å².